The topological polar surface area (TPSA) is 53.2 Å². The van der Waals surface area contributed by atoms with E-state index in [2.05, 4.69) is 17.1 Å². The summed E-state index contributed by atoms with van der Waals surface area (Å²) in [6.07, 6.45) is 2.69. The number of nitrogens with zero attached hydrogens (tertiary/aromatic N) is 1. The number of carbonyl (C=O) groups is 2. The highest BCUT2D eigenvalue weighted by Crippen LogP contribution is 2.26. The molecule has 1 aliphatic heterocycles. The highest BCUT2D eigenvalue weighted by molar-refractivity contribution is 6.45. The zero-order valence-corrected chi connectivity index (χ0v) is 14.9. The number of ketones is 1. The van der Waals surface area contributed by atoms with E-state index in [1.807, 2.05) is 49.4 Å². The monoisotopic (exact) mass is 346 g/mol. The molecule has 26 heavy (non-hydrogen) atoms. The quantitative estimate of drug-likeness (QED) is 0.575. The van der Waals surface area contributed by atoms with Gasteiger partial charge in [-0.2, -0.15) is 0 Å². The minimum Gasteiger partial charge on any atom is -0.358 e. The molecule has 1 atom stereocenters. The molecule has 2 aromatic carbocycles. The molecule has 2 heterocycles. The molecule has 1 amide bonds. The summed E-state index contributed by atoms with van der Waals surface area (Å²) >= 11 is 0. The molecule has 1 N–H and O–H groups in total. The van der Waals surface area contributed by atoms with Crippen molar-refractivity contribution in [3.63, 3.8) is 0 Å². The number of hydrogen-bond donors (Lipinski definition) is 1. The lowest BCUT2D eigenvalue weighted by Gasteiger charge is -2.24. The van der Waals surface area contributed by atoms with E-state index in [4.69, 9.17) is 0 Å². The van der Waals surface area contributed by atoms with E-state index in [9.17, 15) is 9.59 Å². The fraction of sp³-hybridized carbons (Fsp3) is 0.273. The van der Waals surface area contributed by atoms with Crippen LogP contribution in [0.5, 0.6) is 0 Å². The summed E-state index contributed by atoms with van der Waals surface area (Å²) in [6, 6.07) is 17.9. The molecular formula is C22H22N2O2. The number of aromatic nitrogens is 1. The molecule has 0 unspecified atom stereocenters. The van der Waals surface area contributed by atoms with Crippen LogP contribution in [0.4, 0.5) is 0 Å². The molecule has 1 aliphatic rings. The predicted molar refractivity (Wildman–Crippen MR) is 102 cm³/mol. The van der Waals surface area contributed by atoms with Crippen molar-refractivity contribution in [2.75, 3.05) is 6.54 Å². The fourth-order valence-electron chi connectivity index (χ4n) is 4.01. The van der Waals surface area contributed by atoms with Gasteiger partial charge in [-0.1, -0.05) is 48.5 Å². The number of nitrogens with one attached hydrogen (secondary N) is 1. The summed E-state index contributed by atoms with van der Waals surface area (Å²) in [5.74, 6) is -0.781. The lowest BCUT2D eigenvalue weighted by atomic mass is 10.0. The summed E-state index contributed by atoms with van der Waals surface area (Å²) in [5.41, 5.74) is 3.36. The number of amides is 1. The van der Waals surface area contributed by atoms with Crippen LogP contribution in [-0.2, 0) is 11.2 Å². The number of rotatable bonds is 4. The van der Waals surface area contributed by atoms with Gasteiger partial charge in [0.05, 0.1) is 5.56 Å². The average Bonchev–Trinajstić information content (AvgIpc) is 3.24. The summed E-state index contributed by atoms with van der Waals surface area (Å²) in [5, 5.41) is 0.821. The van der Waals surface area contributed by atoms with Crippen molar-refractivity contribution in [3.8, 4) is 0 Å². The maximum atomic E-state index is 13.0. The van der Waals surface area contributed by atoms with Gasteiger partial charge >= 0.3 is 0 Å². The van der Waals surface area contributed by atoms with E-state index in [0.29, 0.717) is 12.1 Å². The van der Waals surface area contributed by atoms with E-state index in [-0.39, 0.29) is 11.9 Å². The second-order valence-electron chi connectivity index (χ2n) is 6.98. The highest BCUT2D eigenvalue weighted by atomic mass is 16.2. The molecule has 4 rings (SSSR count). The first-order valence-corrected chi connectivity index (χ1v) is 9.11. The first-order valence-electron chi connectivity index (χ1n) is 9.11. The molecule has 4 heteroatoms. The number of aryl methyl sites for hydroxylation is 1. The van der Waals surface area contributed by atoms with Gasteiger partial charge in [0.25, 0.3) is 11.7 Å². The normalized spacial score (nSPS) is 17.0. The smallest absolute Gasteiger partial charge is 0.295 e. The summed E-state index contributed by atoms with van der Waals surface area (Å²) in [4.78, 5) is 31.0. The molecule has 0 aliphatic carbocycles. The van der Waals surface area contributed by atoms with Crippen molar-refractivity contribution in [1.82, 2.24) is 9.88 Å². The van der Waals surface area contributed by atoms with Crippen LogP contribution in [0.3, 0.4) is 0 Å². The van der Waals surface area contributed by atoms with Gasteiger partial charge in [-0.3, -0.25) is 9.59 Å². The van der Waals surface area contributed by atoms with E-state index in [1.54, 1.807) is 4.90 Å². The SMILES string of the molecule is Cc1[nH]c2ccccc2c1C(=O)C(=O)N1CCC[C@@H]1Cc1ccccc1. The first-order chi connectivity index (χ1) is 12.6. The average molecular weight is 346 g/mol. The van der Waals surface area contributed by atoms with Gasteiger partial charge in [0.1, 0.15) is 0 Å². The van der Waals surface area contributed by atoms with Crippen LogP contribution < -0.4 is 0 Å². The van der Waals surface area contributed by atoms with Gasteiger partial charge in [0.2, 0.25) is 0 Å². The summed E-state index contributed by atoms with van der Waals surface area (Å²) in [7, 11) is 0. The first kappa shape index (κ1) is 16.6. The Kier molecular flexibility index (Phi) is 4.33. The number of likely N-dealkylation sites (tertiary alicyclic amines) is 1. The Morgan fingerprint density at radius 3 is 2.62 bits per heavy atom. The third kappa shape index (κ3) is 2.92. The number of hydrogen-bond acceptors (Lipinski definition) is 2. The van der Waals surface area contributed by atoms with E-state index >= 15 is 0 Å². The second kappa shape index (κ2) is 6.79. The van der Waals surface area contributed by atoms with Crippen molar-refractivity contribution in [2.45, 2.75) is 32.2 Å². The van der Waals surface area contributed by atoms with Crippen molar-refractivity contribution in [1.29, 1.82) is 0 Å². The molecule has 132 valence electrons. The van der Waals surface area contributed by atoms with Crippen LogP contribution in [-0.4, -0.2) is 34.2 Å². The number of aromatic amines is 1. The number of carbonyl (C=O) groups excluding carboxylic acids is 2. The molecule has 1 aromatic heterocycles. The Balaban J connectivity index is 1.59. The minimum absolute atomic E-state index is 0.0966. The fourth-order valence-corrected chi connectivity index (χ4v) is 4.01. The highest BCUT2D eigenvalue weighted by Gasteiger charge is 2.34. The van der Waals surface area contributed by atoms with Crippen LogP contribution in [0.15, 0.2) is 54.6 Å². The molecule has 1 fully saturated rings. The maximum Gasteiger partial charge on any atom is 0.295 e. The number of Topliss-reactive ketones (excluding diaryl/α,β-unsaturated/α-hetero) is 1. The largest absolute Gasteiger partial charge is 0.358 e. The van der Waals surface area contributed by atoms with Crippen LogP contribution in [0.1, 0.15) is 34.5 Å². The van der Waals surface area contributed by atoms with Gasteiger partial charge in [0, 0.05) is 29.2 Å². The standard InChI is InChI=1S/C22H22N2O2/c1-15-20(18-11-5-6-12-19(18)23-15)21(25)22(26)24-13-7-10-17(24)14-16-8-3-2-4-9-16/h2-6,8-9,11-12,17,23H,7,10,13-14H2,1H3/t17-/m1/s1. The predicted octanol–water partition coefficient (Wildman–Crippen LogP) is 3.89. The van der Waals surface area contributed by atoms with Gasteiger partial charge in [-0.25, -0.2) is 0 Å². The third-order valence-electron chi connectivity index (χ3n) is 5.27. The number of benzene rings is 2. The Morgan fingerprint density at radius 2 is 1.81 bits per heavy atom. The van der Waals surface area contributed by atoms with E-state index in [0.717, 1.165) is 35.9 Å². The Labute approximate surface area is 152 Å². The van der Waals surface area contributed by atoms with Gasteiger partial charge in [0.15, 0.2) is 0 Å². The minimum atomic E-state index is -0.403. The van der Waals surface area contributed by atoms with Crippen molar-refractivity contribution >= 4 is 22.6 Å². The molecule has 3 aromatic rings. The number of H-pyrrole nitrogens is 1. The van der Waals surface area contributed by atoms with Crippen LogP contribution in [0, 0.1) is 6.92 Å². The molecule has 0 radical (unpaired) electrons. The van der Waals surface area contributed by atoms with E-state index < -0.39 is 5.78 Å². The maximum absolute atomic E-state index is 13.0. The second-order valence-corrected chi connectivity index (χ2v) is 6.98. The number of fused-ring (bicyclic) bond motifs is 1. The van der Waals surface area contributed by atoms with Crippen LogP contribution in [0.25, 0.3) is 10.9 Å². The Bertz CT molecular complexity index is 959. The van der Waals surface area contributed by atoms with Crippen molar-refractivity contribution in [3.05, 3.63) is 71.4 Å². The summed E-state index contributed by atoms with van der Waals surface area (Å²) in [6.45, 7) is 2.51. The Morgan fingerprint density at radius 1 is 1.08 bits per heavy atom. The third-order valence-corrected chi connectivity index (χ3v) is 5.27. The van der Waals surface area contributed by atoms with Gasteiger partial charge in [-0.05, 0) is 37.8 Å². The number of para-hydroxylation sites is 1. The van der Waals surface area contributed by atoms with Crippen LogP contribution >= 0.6 is 0 Å². The molecule has 4 nitrogen and oxygen atoms in total. The lowest BCUT2D eigenvalue weighted by molar-refractivity contribution is -0.127. The summed E-state index contributed by atoms with van der Waals surface area (Å²) < 4.78 is 0. The molecular weight excluding hydrogens is 324 g/mol. The molecule has 1 saturated heterocycles. The van der Waals surface area contributed by atoms with Gasteiger partial charge in [-0.15, -0.1) is 0 Å². The zero-order valence-electron chi connectivity index (χ0n) is 14.9. The molecule has 0 bridgehead atoms. The van der Waals surface area contributed by atoms with Gasteiger partial charge < -0.3 is 9.88 Å². The van der Waals surface area contributed by atoms with Crippen LogP contribution in [0.2, 0.25) is 0 Å². The zero-order chi connectivity index (χ0) is 18.1. The van der Waals surface area contributed by atoms with Crippen molar-refractivity contribution in [2.24, 2.45) is 0 Å². The Hall–Kier alpha value is -2.88. The van der Waals surface area contributed by atoms with E-state index in [1.165, 1.54) is 5.56 Å². The van der Waals surface area contributed by atoms with Crippen molar-refractivity contribution < 1.29 is 9.59 Å². The lowest BCUT2D eigenvalue weighted by Crippen LogP contribution is -2.41. The molecule has 0 saturated carbocycles. The molecule has 0 spiro atoms.